The molecule has 1 N–H and O–H groups in total. The van der Waals surface area contributed by atoms with Crippen LogP contribution in [0.15, 0.2) is 22.7 Å². The summed E-state index contributed by atoms with van der Waals surface area (Å²) in [6.45, 7) is 1.92. The van der Waals surface area contributed by atoms with E-state index in [1.165, 1.54) is 0 Å². The van der Waals surface area contributed by atoms with E-state index in [0.29, 0.717) is 0 Å². The Morgan fingerprint density at radius 2 is 2.25 bits per heavy atom. The van der Waals surface area contributed by atoms with Gasteiger partial charge in [0, 0.05) is 10.2 Å². The van der Waals surface area contributed by atoms with Crippen LogP contribution in [0.25, 0.3) is 0 Å². The maximum Gasteiger partial charge on any atom is 0.280 e. The predicted molar refractivity (Wildman–Crippen MR) is 56.9 cm³/mol. The second-order valence-corrected chi connectivity index (χ2v) is 3.71. The Hall–Kier alpha value is -0.480. The first-order valence-corrected chi connectivity index (χ1v) is 4.59. The van der Waals surface area contributed by atoms with Crippen LogP contribution in [-0.4, -0.2) is 5.24 Å². The maximum atomic E-state index is 10.6. The number of aryl methyl sites for hydroxylation is 1. The monoisotopic (exact) mass is 245 g/mol. The predicted octanol–water partition coefficient (Wildman–Crippen LogP) is 3.22. The van der Waals surface area contributed by atoms with E-state index in [1.54, 1.807) is 0 Å². The molecule has 0 saturated heterocycles. The second kappa shape index (κ2) is 3.96. The van der Waals surface area contributed by atoms with Crippen molar-refractivity contribution in [3.05, 3.63) is 28.2 Å². The van der Waals surface area contributed by atoms with Crippen LogP contribution in [0.2, 0.25) is 0 Å². The number of benzene rings is 1. The third kappa shape index (κ3) is 2.53. The van der Waals surface area contributed by atoms with Crippen molar-refractivity contribution < 1.29 is 4.79 Å². The molecule has 12 heavy (non-hydrogen) atoms. The minimum Gasteiger partial charge on any atom is -0.317 e. The third-order valence-corrected chi connectivity index (χ3v) is 2.04. The molecule has 0 fully saturated rings. The van der Waals surface area contributed by atoms with Gasteiger partial charge in [-0.05, 0) is 30.7 Å². The van der Waals surface area contributed by atoms with Crippen molar-refractivity contribution in [3.63, 3.8) is 0 Å². The van der Waals surface area contributed by atoms with Crippen molar-refractivity contribution in [2.75, 3.05) is 5.32 Å². The Kier molecular flexibility index (Phi) is 3.17. The van der Waals surface area contributed by atoms with E-state index in [2.05, 4.69) is 33.9 Å². The van der Waals surface area contributed by atoms with Crippen LogP contribution in [0.1, 0.15) is 5.56 Å². The number of hydrogen-bond acceptors (Lipinski definition) is 1. The molecule has 0 unspecified atom stereocenters. The highest BCUT2D eigenvalue weighted by Gasteiger charge is 1.99. The van der Waals surface area contributed by atoms with Crippen LogP contribution in [0.5, 0.6) is 0 Å². The zero-order valence-corrected chi connectivity index (χ0v) is 8.95. The molecule has 0 radical (unpaired) electrons. The molecule has 0 aliphatic heterocycles. The molecule has 2 nitrogen and oxygen atoms in total. The third-order valence-electron chi connectivity index (χ3n) is 1.43. The Labute approximate surface area is 84.9 Å². The average Bonchev–Trinajstić information content (AvgIpc) is 1.94. The van der Waals surface area contributed by atoms with E-state index in [1.807, 2.05) is 25.1 Å². The molecule has 0 spiro atoms. The van der Waals surface area contributed by atoms with E-state index in [9.17, 15) is 4.79 Å². The summed E-state index contributed by atoms with van der Waals surface area (Å²) in [5, 5.41) is 2.26. The first-order chi connectivity index (χ1) is 5.59. The molecule has 0 aliphatic carbocycles. The van der Waals surface area contributed by atoms with Gasteiger partial charge in [0.1, 0.15) is 0 Å². The summed E-state index contributed by atoms with van der Waals surface area (Å²) < 4.78 is 0.997. The fourth-order valence-electron chi connectivity index (χ4n) is 0.883. The molecule has 1 aromatic carbocycles. The van der Waals surface area contributed by atoms with Gasteiger partial charge in [-0.2, -0.15) is 0 Å². The van der Waals surface area contributed by atoms with Gasteiger partial charge in [0.05, 0.1) is 0 Å². The zero-order chi connectivity index (χ0) is 9.14. The van der Waals surface area contributed by atoms with E-state index < -0.39 is 0 Å². The number of hydrogen-bond donors (Lipinski definition) is 2. The summed E-state index contributed by atoms with van der Waals surface area (Å²) >= 11 is 6.95. The summed E-state index contributed by atoms with van der Waals surface area (Å²) in [6, 6.07) is 5.62. The van der Waals surface area contributed by atoms with Crippen molar-refractivity contribution in [3.8, 4) is 0 Å². The Morgan fingerprint density at radius 1 is 1.58 bits per heavy atom. The molecule has 4 heteroatoms. The summed E-state index contributed by atoms with van der Waals surface area (Å²) in [4.78, 5) is 10.6. The molecule has 0 heterocycles. The molecule has 1 amide bonds. The van der Waals surface area contributed by atoms with Crippen LogP contribution >= 0.6 is 28.6 Å². The average molecular weight is 246 g/mol. The molecule has 1 aromatic rings. The van der Waals surface area contributed by atoms with Gasteiger partial charge in [-0.3, -0.25) is 4.79 Å². The van der Waals surface area contributed by atoms with Gasteiger partial charge >= 0.3 is 0 Å². The lowest BCUT2D eigenvalue weighted by atomic mass is 10.2. The second-order valence-electron chi connectivity index (χ2n) is 2.39. The quantitative estimate of drug-likeness (QED) is 0.732. The molecular weight excluding hydrogens is 238 g/mol. The van der Waals surface area contributed by atoms with Gasteiger partial charge in [-0.15, -0.1) is 0 Å². The summed E-state index contributed by atoms with van der Waals surface area (Å²) in [5.74, 6) is 0. The van der Waals surface area contributed by atoms with E-state index >= 15 is 0 Å². The van der Waals surface area contributed by atoms with Gasteiger partial charge in [0.25, 0.3) is 5.24 Å². The molecule has 0 aromatic heterocycles. The fourth-order valence-corrected chi connectivity index (χ4v) is 1.48. The summed E-state index contributed by atoms with van der Waals surface area (Å²) in [7, 11) is 0. The van der Waals surface area contributed by atoms with Crippen LogP contribution in [0, 0.1) is 6.92 Å². The van der Waals surface area contributed by atoms with Gasteiger partial charge < -0.3 is 5.32 Å². The molecule has 64 valence electrons. The molecule has 0 saturated carbocycles. The first kappa shape index (κ1) is 9.61. The largest absolute Gasteiger partial charge is 0.317 e. The maximum absolute atomic E-state index is 10.6. The smallest absolute Gasteiger partial charge is 0.280 e. The van der Waals surface area contributed by atoms with Crippen molar-refractivity contribution in [2.45, 2.75) is 6.92 Å². The number of halogens is 1. The number of carbonyl (C=O) groups excluding carboxylic acids is 1. The highest BCUT2D eigenvalue weighted by molar-refractivity contribution is 9.10. The van der Waals surface area contributed by atoms with Gasteiger partial charge in [0.15, 0.2) is 0 Å². The zero-order valence-electron chi connectivity index (χ0n) is 6.47. The number of nitrogens with one attached hydrogen (secondary N) is 1. The van der Waals surface area contributed by atoms with Gasteiger partial charge in [0.2, 0.25) is 0 Å². The fraction of sp³-hybridized carbons (Fsp3) is 0.125. The van der Waals surface area contributed by atoms with E-state index in [4.69, 9.17) is 0 Å². The lowest BCUT2D eigenvalue weighted by Crippen LogP contribution is -2.02. The lowest BCUT2D eigenvalue weighted by Gasteiger charge is -2.05. The summed E-state index contributed by atoms with van der Waals surface area (Å²) in [6.07, 6.45) is 0. The standard InChI is InChI=1S/C8H8BrNOS/c1-5-4-6(9)2-3-7(5)10-8(11)12/h2-4H,1H3,(H2,10,11,12). The first-order valence-electron chi connectivity index (χ1n) is 3.35. The Balaban J connectivity index is 2.93. The lowest BCUT2D eigenvalue weighted by molar-refractivity contribution is 0.270. The molecule has 1 rings (SSSR count). The van der Waals surface area contributed by atoms with Crippen molar-refractivity contribution >= 4 is 39.5 Å². The van der Waals surface area contributed by atoms with Crippen LogP contribution in [-0.2, 0) is 0 Å². The van der Waals surface area contributed by atoms with Gasteiger partial charge in [-0.25, -0.2) is 0 Å². The van der Waals surface area contributed by atoms with E-state index in [-0.39, 0.29) is 5.24 Å². The van der Waals surface area contributed by atoms with E-state index in [0.717, 1.165) is 15.7 Å². The normalized spacial score (nSPS) is 9.58. The molecule has 0 bridgehead atoms. The Bertz CT molecular complexity index is 314. The minimum absolute atomic E-state index is 0.347. The number of rotatable bonds is 1. The van der Waals surface area contributed by atoms with Crippen molar-refractivity contribution in [1.29, 1.82) is 0 Å². The number of carbonyl (C=O) groups is 1. The number of amides is 1. The number of thiol groups is 1. The SMILES string of the molecule is Cc1cc(Br)ccc1NC(=O)S. The highest BCUT2D eigenvalue weighted by Crippen LogP contribution is 2.20. The van der Waals surface area contributed by atoms with Crippen molar-refractivity contribution in [1.82, 2.24) is 0 Å². The Morgan fingerprint density at radius 3 is 2.75 bits per heavy atom. The number of anilines is 1. The van der Waals surface area contributed by atoms with Crippen molar-refractivity contribution in [2.24, 2.45) is 0 Å². The van der Waals surface area contributed by atoms with Crippen LogP contribution < -0.4 is 5.32 Å². The molecule has 0 aliphatic rings. The topological polar surface area (TPSA) is 29.1 Å². The molecular formula is C8H8BrNOS. The van der Waals surface area contributed by atoms with Gasteiger partial charge in [-0.1, -0.05) is 28.6 Å². The van der Waals surface area contributed by atoms with Crippen LogP contribution in [0.4, 0.5) is 10.5 Å². The van der Waals surface area contributed by atoms with Crippen LogP contribution in [0.3, 0.4) is 0 Å². The minimum atomic E-state index is -0.347. The molecule has 0 atom stereocenters. The highest BCUT2D eigenvalue weighted by atomic mass is 79.9. The summed E-state index contributed by atoms with van der Waals surface area (Å²) in [5.41, 5.74) is 1.80.